The summed E-state index contributed by atoms with van der Waals surface area (Å²) in [6, 6.07) is -1.17. The zero-order valence-electron chi connectivity index (χ0n) is 23.4. The second-order valence-corrected chi connectivity index (χ2v) is 11.1. The molecule has 0 aliphatic carbocycles. The summed E-state index contributed by atoms with van der Waals surface area (Å²) in [6.07, 6.45) is 3.15. The fraction of sp³-hybridized carbons (Fsp3) is 0.808. The molecular formula is C26H51N3O4. The number of nitrogens with zero attached hydrogens (tertiary/aromatic N) is 1. The van der Waals surface area contributed by atoms with Crippen LogP contribution in [0.15, 0.2) is 11.6 Å². The van der Waals surface area contributed by atoms with Gasteiger partial charge in [0.05, 0.1) is 5.54 Å². The molecule has 194 valence electrons. The number of carbonyl (C=O) groups is 3. The molecule has 4 unspecified atom stereocenters. The van der Waals surface area contributed by atoms with Crippen LogP contribution in [-0.4, -0.2) is 59.5 Å². The number of carboxylic acids is 1. The standard InChI is InChI=1S/C22H41N3O4.C4H10/c1-11-14(2)13-22(8,23-9)20(29)24-17(21(5,6)7)18(26)25(10)16(4)12-15(3)19(27)28;1-4(2)3/h12,14,16-17,23H,11,13H2,1-10H3,(H,24,29)(H,27,28);4H,1-3H3/b15-12+;. The fourth-order valence-electron chi connectivity index (χ4n) is 3.04. The predicted molar refractivity (Wildman–Crippen MR) is 137 cm³/mol. The van der Waals surface area contributed by atoms with Crippen LogP contribution in [0.25, 0.3) is 0 Å². The van der Waals surface area contributed by atoms with Crippen molar-refractivity contribution in [1.82, 2.24) is 15.5 Å². The normalized spacial score (nSPS) is 16.6. The summed E-state index contributed by atoms with van der Waals surface area (Å²) >= 11 is 0. The Morgan fingerprint density at radius 1 is 1.03 bits per heavy atom. The van der Waals surface area contributed by atoms with Gasteiger partial charge in [0.1, 0.15) is 6.04 Å². The molecule has 0 aliphatic heterocycles. The molecule has 3 N–H and O–H groups in total. The Morgan fingerprint density at radius 3 is 1.82 bits per heavy atom. The average Bonchev–Trinajstić information content (AvgIpc) is 2.68. The van der Waals surface area contributed by atoms with E-state index in [-0.39, 0.29) is 17.4 Å². The second kappa shape index (κ2) is 14.4. The number of nitrogens with one attached hydrogen (secondary N) is 2. The van der Waals surface area contributed by atoms with Gasteiger partial charge in [-0.15, -0.1) is 0 Å². The van der Waals surface area contributed by atoms with Crippen LogP contribution in [0.2, 0.25) is 0 Å². The lowest BCUT2D eigenvalue weighted by molar-refractivity contribution is -0.141. The number of hydrogen-bond acceptors (Lipinski definition) is 4. The van der Waals surface area contributed by atoms with Gasteiger partial charge in [0.2, 0.25) is 11.8 Å². The number of likely N-dealkylation sites (N-methyl/N-ethyl adjacent to an activating group) is 2. The Balaban J connectivity index is 0. The monoisotopic (exact) mass is 469 g/mol. The van der Waals surface area contributed by atoms with E-state index in [2.05, 4.69) is 45.3 Å². The van der Waals surface area contributed by atoms with E-state index in [1.807, 2.05) is 27.7 Å². The highest BCUT2D eigenvalue weighted by molar-refractivity contribution is 5.92. The van der Waals surface area contributed by atoms with Crippen molar-refractivity contribution in [2.24, 2.45) is 17.3 Å². The van der Waals surface area contributed by atoms with Crippen LogP contribution < -0.4 is 10.6 Å². The molecule has 0 aliphatic rings. The van der Waals surface area contributed by atoms with Crippen LogP contribution in [0.3, 0.4) is 0 Å². The van der Waals surface area contributed by atoms with Gasteiger partial charge >= 0.3 is 5.97 Å². The van der Waals surface area contributed by atoms with Crippen molar-refractivity contribution in [3.05, 3.63) is 11.6 Å². The van der Waals surface area contributed by atoms with Gasteiger partial charge in [0.15, 0.2) is 0 Å². The average molecular weight is 470 g/mol. The maximum atomic E-state index is 13.2. The number of aliphatic carboxylic acids is 1. The summed E-state index contributed by atoms with van der Waals surface area (Å²) < 4.78 is 0. The summed E-state index contributed by atoms with van der Waals surface area (Å²) in [4.78, 5) is 38.9. The van der Waals surface area contributed by atoms with Gasteiger partial charge in [-0.05, 0) is 51.5 Å². The first-order valence-electron chi connectivity index (χ1n) is 12.0. The molecule has 0 heterocycles. The minimum Gasteiger partial charge on any atom is -0.478 e. The summed E-state index contributed by atoms with van der Waals surface area (Å²) in [6.45, 7) is 21.5. The number of amides is 2. The van der Waals surface area contributed by atoms with Crippen molar-refractivity contribution in [3.63, 3.8) is 0 Å². The van der Waals surface area contributed by atoms with Crippen LogP contribution in [0.1, 0.15) is 89.0 Å². The topological polar surface area (TPSA) is 98.7 Å². The van der Waals surface area contributed by atoms with Gasteiger partial charge < -0.3 is 20.6 Å². The predicted octanol–water partition coefficient (Wildman–Crippen LogP) is 4.47. The molecule has 7 nitrogen and oxygen atoms in total. The van der Waals surface area contributed by atoms with E-state index in [1.165, 1.54) is 17.9 Å². The largest absolute Gasteiger partial charge is 0.478 e. The van der Waals surface area contributed by atoms with E-state index < -0.39 is 29.0 Å². The Morgan fingerprint density at radius 2 is 1.48 bits per heavy atom. The first-order chi connectivity index (χ1) is 14.8. The molecule has 0 aromatic carbocycles. The van der Waals surface area contributed by atoms with E-state index in [0.717, 1.165) is 12.3 Å². The molecule has 0 aromatic rings. The van der Waals surface area contributed by atoms with Crippen LogP contribution in [0.4, 0.5) is 0 Å². The van der Waals surface area contributed by atoms with Crippen molar-refractivity contribution in [3.8, 4) is 0 Å². The Bertz CT molecular complexity index is 664. The van der Waals surface area contributed by atoms with E-state index >= 15 is 0 Å². The number of carbonyl (C=O) groups excluding carboxylic acids is 2. The molecule has 0 aromatic heterocycles. The highest BCUT2D eigenvalue weighted by Gasteiger charge is 2.40. The molecule has 2 amide bonds. The number of rotatable bonds is 10. The summed E-state index contributed by atoms with van der Waals surface area (Å²) in [5, 5.41) is 15.2. The van der Waals surface area contributed by atoms with Gasteiger partial charge in [0, 0.05) is 18.7 Å². The Hall–Kier alpha value is -1.89. The molecular weight excluding hydrogens is 418 g/mol. The highest BCUT2D eigenvalue weighted by Crippen LogP contribution is 2.25. The highest BCUT2D eigenvalue weighted by atomic mass is 16.4. The molecule has 0 saturated heterocycles. The van der Waals surface area contributed by atoms with Crippen molar-refractivity contribution >= 4 is 17.8 Å². The molecule has 0 bridgehead atoms. The Kier molecular flexibility index (Phi) is 14.5. The van der Waals surface area contributed by atoms with Gasteiger partial charge in [-0.2, -0.15) is 0 Å². The van der Waals surface area contributed by atoms with Gasteiger partial charge in [0.25, 0.3) is 0 Å². The third-order valence-electron chi connectivity index (χ3n) is 5.68. The smallest absolute Gasteiger partial charge is 0.331 e. The van der Waals surface area contributed by atoms with Gasteiger partial charge in [-0.25, -0.2) is 4.79 Å². The zero-order valence-corrected chi connectivity index (χ0v) is 23.4. The minimum atomic E-state index is -1.02. The van der Waals surface area contributed by atoms with Crippen molar-refractivity contribution < 1.29 is 19.5 Å². The maximum Gasteiger partial charge on any atom is 0.331 e. The maximum absolute atomic E-state index is 13.2. The van der Waals surface area contributed by atoms with E-state index in [0.29, 0.717) is 12.3 Å². The lowest BCUT2D eigenvalue weighted by Gasteiger charge is -2.38. The number of hydrogen-bond donors (Lipinski definition) is 3. The molecule has 0 spiro atoms. The second-order valence-electron chi connectivity index (χ2n) is 11.1. The third kappa shape index (κ3) is 12.2. The molecule has 0 saturated carbocycles. The van der Waals surface area contributed by atoms with Crippen LogP contribution in [0, 0.1) is 17.3 Å². The SMILES string of the molecule is CC(C)C.CCC(C)CC(C)(NC)C(=O)NC(C(=O)N(C)C(C)/C=C(\C)C(=O)O)C(C)(C)C. The lowest BCUT2D eigenvalue weighted by Crippen LogP contribution is -2.62. The molecule has 0 rings (SSSR count). The lowest BCUT2D eigenvalue weighted by atomic mass is 9.83. The third-order valence-corrected chi connectivity index (χ3v) is 5.68. The molecule has 4 atom stereocenters. The fourth-order valence-corrected chi connectivity index (χ4v) is 3.04. The summed E-state index contributed by atoms with van der Waals surface area (Å²) in [5.74, 6) is -0.302. The van der Waals surface area contributed by atoms with Gasteiger partial charge in [-0.3, -0.25) is 9.59 Å². The van der Waals surface area contributed by atoms with E-state index in [4.69, 9.17) is 5.11 Å². The minimum absolute atomic E-state index is 0.171. The molecule has 33 heavy (non-hydrogen) atoms. The van der Waals surface area contributed by atoms with Crippen LogP contribution in [0.5, 0.6) is 0 Å². The van der Waals surface area contributed by atoms with Gasteiger partial charge in [-0.1, -0.05) is 67.9 Å². The van der Waals surface area contributed by atoms with Crippen molar-refractivity contribution in [1.29, 1.82) is 0 Å². The molecule has 0 radical (unpaired) electrons. The van der Waals surface area contributed by atoms with Crippen molar-refractivity contribution in [2.75, 3.05) is 14.1 Å². The van der Waals surface area contributed by atoms with E-state index in [9.17, 15) is 14.4 Å². The van der Waals surface area contributed by atoms with E-state index in [1.54, 1.807) is 21.0 Å². The van der Waals surface area contributed by atoms with Crippen LogP contribution in [-0.2, 0) is 14.4 Å². The zero-order chi connectivity index (χ0) is 26.7. The summed E-state index contributed by atoms with van der Waals surface area (Å²) in [7, 11) is 3.38. The molecule has 7 heteroatoms. The number of carboxylic acid groups (broad SMARTS) is 1. The Labute approximate surface area is 202 Å². The summed E-state index contributed by atoms with van der Waals surface area (Å²) in [5.41, 5.74) is -1.13. The first-order valence-corrected chi connectivity index (χ1v) is 12.0. The molecule has 0 fully saturated rings. The quantitative estimate of drug-likeness (QED) is 0.410. The van der Waals surface area contributed by atoms with Crippen molar-refractivity contribution in [2.45, 2.75) is 107 Å². The first kappa shape index (κ1) is 33.3. The van der Waals surface area contributed by atoms with Crippen LogP contribution >= 0.6 is 0 Å².